The van der Waals surface area contributed by atoms with Gasteiger partial charge in [0.25, 0.3) is 0 Å². The molecule has 0 saturated heterocycles. The van der Waals surface area contributed by atoms with Gasteiger partial charge < -0.3 is 14.6 Å². The summed E-state index contributed by atoms with van der Waals surface area (Å²) in [5.41, 5.74) is 0. The van der Waals surface area contributed by atoms with Crippen molar-refractivity contribution in [2.75, 3.05) is 6.61 Å². The van der Waals surface area contributed by atoms with Gasteiger partial charge in [-0.1, -0.05) is 0 Å². The molecule has 0 saturated carbocycles. The molecule has 14 heavy (non-hydrogen) atoms. The minimum Gasteiger partial charge on any atom is -0.464 e. The van der Waals surface area contributed by atoms with Crippen LogP contribution in [0.3, 0.4) is 0 Å². The first kappa shape index (κ1) is 13.1. The van der Waals surface area contributed by atoms with Gasteiger partial charge in [-0.15, -0.1) is 0 Å². The average molecular weight is 202 g/mol. The predicted molar refractivity (Wildman–Crippen MR) is 51.8 cm³/mol. The molecule has 0 aliphatic carbocycles. The Balaban J connectivity index is 3.48. The number of ether oxygens (including phenoxy) is 1. The molecule has 1 atom stereocenters. The first-order chi connectivity index (χ1) is 6.57. The molecule has 0 heterocycles. The van der Waals surface area contributed by atoms with E-state index in [-0.39, 0.29) is 12.4 Å². The van der Waals surface area contributed by atoms with Gasteiger partial charge in [0.2, 0.25) is 0 Å². The number of esters is 1. The van der Waals surface area contributed by atoms with E-state index in [9.17, 15) is 14.7 Å². The first-order valence-electron chi connectivity index (χ1n) is 4.92. The monoisotopic (exact) mass is 202 g/mol. The highest BCUT2D eigenvalue weighted by atomic mass is 16.5. The highest BCUT2D eigenvalue weighted by Gasteiger charge is 2.14. The zero-order chi connectivity index (χ0) is 11.0. The molecule has 0 aromatic rings. The van der Waals surface area contributed by atoms with E-state index < -0.39 is 12.1 Å². The number of Topliss-reactive ketones (excluding diaryl/α,β-unsaturated/α-hetero) is 1. The fourth-order valence-corrected chi connectivity index (χ4v) is 1.07. The van der Waals surface area contributed by atoms with Gasteiger partial charge in [-0.3, -0.25) is 0 Å². The minimum atomic E-state index is -1.04. The minimum absolute atomic E-state index is 0.135. The topological polar surface area (TPSA) is 63.6 Å². The summed E-state index contributed by atoms with van der Waals surface area (Å²) in [5, 5.41) is 9.25. The third-order valence-electron chi connectivity index (χ3n) is 1.82. The Kier molecular flexibility index (Phi) is 7.02. The SMILES string of the molecule is CCOC(=O)C(O)CCCCC(C)=O. The molecule has 82 valence electrons. The van der Waals surface area contributed by atoms with Crippen molar-refractivity contribution in [2.24, 2.45) is 0 Å². The van der Waals surface area contributed by atoms with Crippen LogP contribution < -0.4 is 0 Å². The second kappa shape index (κ2) is 7.50. The Morgan fingerprint density at radius 3 is 2.50 bits per heavy atom. The number of aliphatic hydroxyl groups excluding tert-OH is 1. The lowest BCUT2D eigenvalue weighted by Crippen LogP contribution is -2.22. The number of ketones is 1. The maximum absolute atomic E-state index is 10.9. The van der Waals surface area contributed by atoms with Gasteiger partial charge in [0.15, 0.2) is 6.10 Å². The van der Waals surface area contributed by atoms with E-state index in [1.807, 2.05) is 0 Å². The van der Waals surface area contributed by atoms with Crippen LogP contribution in [0.1, 0.15) is 39.5 Å². The lowest BCUT2D eigenvalue weighted by Gasteiger charge is -2.08. The van der Waals surface area contributed by atoms with Crippen LogP contribution in [-0.2, 0) is 14.3 Å². The van der Waals surface area contributed by atoms with Crippen molar-refractivity contribution in [1.29, 1.82) is 0 Å². The molecule has 1 N–H and O–H groups in total. The standard InChI is InChI=1S/C10H18O4/c1-3-14-10(13)9(12)7-5-4-6-8(2)11/h9,12H,3-7H2,1-2H3. The second-order valence-corrected chi connectivity index (χ2v) is 3.22. The van der Waals surface area contributed by atoms with Crippen LogP contribution in [0.2, 0.25) is 0 Å². The van der Waals surface area contributed by atoms with Gasteiger partial charge in [-0.05, 0) is 33.1 Å². The molecular weight excluding hydrogens is 184 g/mol. The van der Waals surface area contributed by atoms with E-state index in [1.54, 1.807) is 6.92 Å². The zero-order valence-corrected chi connectivity index (χ0v) is 8.78. The lowest BCUT2D eigenvalue weighted by molar-refractivity contribution is -0.153. The average Bonchev–Trinajstić information content (AvgIpc) is 2.12. The summed E-state index contributed by atoms with van der Waals surface area (Å²) in [6.45, 7) is 3.51. The van der Waals surface area contributed by atoms with Crippen LogP contribution in [0.25, 0.3) is 0 Å². The smallest absolute Gasteiger partial charge is 0.334 e. The Labute approximate surface area is 84.3 Å². The van der Waals surface area contributed by atoms with Crippen molar-refractivity contribution in [3.05, 3.63) is 0 Å². The fraction of sp³-hybridized carbons (Fsp3) is 0.800. The number of hydrogen-bond acceptors (Lipinski definition) is 4. The first-order valence-corrected chi connectivity index (χ1v) is 4.92. The number of hydrogen-bond donors (Lipinski definition) is 1. The van der Waals surface area contributed by atoms with Crippen LogP contribution in [0.5, 0.6) is 0 Å². The van der Waals surface area contributed by atoms with E-state index in [2.05, 4.69) is 4.74 Å². The zero-order valence-electron chi connectivity index (χ0n) is 8.78. The molecule has 0 aliphatic heterocycles. The molecule has 4 nitrogen and oxygen atoms in total. The molecular formula is C10H18O4. The highest BCUT2D eigenvalue weighted by Crippen LogP contribution is 2.05. The van der Waals surface area contributed by atoms with Crippen molar-refractivity contribution in [2.45, 2.75) is 45.6 Å². The Morgan fingerprint density at radius 1 is 1.36 bits per heavy atom. The quantitative estimate of drug-likeness (QED) is 0.495. The fourth-order valence-electron chi connectivity index (χ4n) is 1.07. The van der Waals surface area contributed by atoms with E-state index in [0.29, 0.717) is 25.7 Å². The van der Waals surface area contributed by atoms with Crippen molar-refractivity contribution < 1.29 is 19.4 Å². The van der Waals surface area contributed by atoms with Gasteiger partial charge in [0.1, 0.15) is 5.78 Å². The maximum Gasteiger partial charge on any atom is 0.334 e. The predicted octanol–water partition coefficient (Wildman–Crippen LogP) is 1.06. The van der Waals surface area contributed by atoms with Crippen LogP contribution in [-0.4, -0.2) is 29.6 Å². The maximum atomic E-state index is 10.9. The lowest BCUT2D eigenvalue weighted by atomic mass is 10.1. The summed E-state index contributed by atoms with van der Waals surface area (Å²) >= 11 is 0. The van der Waals surface area contributed by atoms with E-state index >= 15 is 0 Å². The Morgan fingerprint density at radius 2 is 2.00 bits per heavy atom. The Hall–Kier alpha value is -0.900. The van der Waals surface area contributed by atoms with Gasteiger partial charge in [0.05, 0.1) is 6.61 Å². The van der Waals surface area contributed by atoms with Crippen molar-refractivity contribution in [1.82, 2.24) is 0 Å². The van der Waals surface area contributed by atoms with Gasteiger partial charge in [-0.25, -0.2) is 4.79 Å². The van der Waals surface area contributed by atoms with Gasteiger partial charge in [0, 0.05) is 6.42 Å². The van der Waals surface area contributed by atoms with Crippen molar-refractivity contribution in [3.8, 4) is 0 Å². The molecule has 0 rings (SSSR count). The molecule has 0 aromatic carbocycles. The number of carbonyl (C=O) groups is 2. The number of rotatable bonds is 7. The number of aliphatic hydroxyl groups is 1. The van der Waals surface area contributed by atoms with Gasteiger partial charge in [-0.2, -0.15) is 0 Å². The molecule has 0 aliphatic rings. The number of carbonyl (C=O) groups excluding carboxylic acids is 2. The van der Waals surface area contributed by atoms with Crippen molar-refractivity contribution >= 4 is 11.8 Å². The molecule has 1 unspecified atom stereocenters. The second-order valence-electron chi connectivity index (χ2n) is 3.22. The summed E-state index contributed by atoms with van der Waals surface area (Å²) in [6.07, 6.45) is 1.22. The van der Waals surface area contributed by atoms with E-state index in [1.165, 1.54) is 6.92 Å². The number of unbranched alkanes of at least 4 members (excludes halogenated alkanes) is 1. The van der Waals surface area contributed by atoms with Crippen LogP contribution in [0, 0.1) is 0 Å². The molecule has 0 amide bonds. The molecule has 0 spiro atoms. The van der Waals surface area contributed by atoms with Gasteiger partial charge >= 0.3 is 5.97 Å². The van der Waals surface area contributed by atoms with E-state index in [4.69, 9.17) is 0 Å². The Bertz CT molecular complexity index is 189. The normalized spacial score (nSPS) is 12.2. The van der Waals surface area contributed by atoms with E-state index in [0.717, 1.165) is 0 Å². The molecule has 0 aromatic heterocycles. The summed E-state index contributed by atoms with van der Waals surface area (Å²) in [7, 11) is 0. The molecule has 0 fully saturated rings. The molecule has 4 heteroatoms. The molecule has 0 bridgehead atoms. The molecule has 0 radical (unpaired) electrons. The summed E-state index contributed by atoms with van der Waals surface area (Å²) in [6, 6.07) is 0. The van der Waals surface area contributed by atoms with Crippen molar-refractivity contribution in [3.63, 3.8) is 0 Å². The largest absolute Gasteiger partial charge is 0.464 e. The third kappa shape index (κ3) is 6.60. The highest BCUT2D eigenvalue weighted by molar-refractivity contribution is 5.75. The summed E-state index contributed by atoms with van der Waals surface area (Å²) < 4.78 is 4.63. The third-order valence-corrected chi connectivity index (χ3v) is 1.82. The van der Waals surface area contributed by atoms with Crippen LogP contribution in [0.4, 0.5) is 0 Å². The summed E-state index contributed by atoms with van der Waals surface area (Å²) in [4.78, 5) is 21.5. The van der Waals surface area contributed by atoms with Crippen LogP contribution in [0.15, 0.2) is 0 Å². The van der Waals surface area contributed by atoms with Crippen LogP contribution >= 0.6 is 0 Å². The summed E-state index contributed by atoms with van der Waals surface area (Å²) in [5.74, 6) is -0.439.